The quantitative estimate of drug-likeness (QED) is 0.176. The first-order valence-corrected chi connectivity index (χ1v) is 19.5. The second kappa shape index (κ2) is 21.4. The number of aldehydes is 1. The molecule has 0 radical (unpaired) electrons. The van der Waals surface area contributed by atoms with E-state index in [-0.39, 0.29) is 37.5 Å². The summed E-state index contributed by atoms with van der Waals surface area (Å²) in [6, 6.07) is -0.753. The summed E-state index contributed by atoms with van der Waals surface area (Å²) in [4.78, 5) is 39.3. The third kappa shape index (κ3) is 13.4. The Balaban J connectivity index is 1.90. The Bertz CT molecular complexity index is 1270. The number of carbonyl (C=O) groups is 3. The van der Waals surface area contributed by atoms with E-state index < -0.39 is 110 Å². The molecule has 4 N–H and O–H groups in total. The number of ether oxygens (including phenoxy) is 7. The summed E-state index contributed by atoms with van der Waals surface area (Å²) < 4.78 is 42.4. The van der Waals surface area contributed by atoms with E-state index in [9.17, 15) is 34.8 Å². The number of aliphatic hydroxyl groups excluding tert-OH is 3. The fourth-order valence-corrected chi connectivity index (χ4v) is 7.78. The van der Waals surface area contributed by atoms with Gasteiger partial charge in [-0.15, -0.1) is 0 Å². The van der Waals surface area contributed by atoms with E-state index in [0.717, 1.165) is 6.29 Å². The van der Waals surface area contributed by atoms with Crippen LogP contribution in [0.15, 0.2) is 24.3 Å². The van der Waals surface area contributed by atoms with Crippen molar-refractivity contribution in [1.29, 1.82) is 0 Å². The molecule has 0 aliphatic carbocycles. The molecule has 15 nitrogen and oxygen atoms in total. The molecule has 2 saturated heterocycles. The van der Waals surface area contributed by atoms with Gasteiger partial charge in [0.1, 0.15) is 36.3 Å². The van der Waals surface area contributed by atoms with Crippen molar-refractivity contribution in [3.05, 3.63) is 24.3 Å². The van der Waals surface area contributed by atoms with Crippen LogP contribution in [0.1, 0.15) is 87.0 Å². The molecule has 0 aromatic heterocycles. The van der Waals surface area contributed by atoms with E-state index in [0.29, 0.717) is 6.42 Å². The van der Waals surface area contributed by atoms with Crippen molar-refractivity contribution in [2.45, 2.75) is 172 Å². The summed E-state index contributed by atoms with van der Waals surface area (Å²) in [6.45, 7) is 12.4. The molecule has 0 amide bonds. The van der Waals surface area contributed by atoms with Crippen LogP contribution in [0.3, 0.4) is 0 Å². The fourth-order valence-electron chi connectivity index (χ4n) is 7.78. The van der Waals surface area contributed by atoms with Gasteiger partial charge < -0.3 is 63.3 Å². The van der Waals surface area contributed by atoms with Crippen molar-refractivity contribution in [3.8, 4) is 0 Å². The average Bonchev–Trinajstić information content (AvgIpc) is 3.06. The second-order valence-electron chi connectivity index (χ2n) is 16.4. The molecule has 0 spiro atoms. The topological polar surface area (TPSA) is 200 Å². The lowest BCUT2D eigenvalue weighted by Crippen LogP contribution is -2.66. The number of likely N-dealkylation sites (N-methyl/N-ethyl adjacent to an activating group) is 1. The molecule has 3 aliphatic heterocycles. The van der Waals surface area contributed by atoms with E-state index >= 15 is 0 Å². The molecular weight excluding hydrogens is 718 g/mol. The first kappa shape index (κ1) is 47.1. The lowest BCUT2D eigenvalue weighted by atomic mass is 9.82. The van der Waals surface area contributed by atoms with Gasteiger partial charge in [-0.05, 0) is 66.0 Å². The Hall–Kier alpha value is -2.31. The van der Waals surface area contributed by atoms with Crippen molar-refractivity contribution in [3.63, 3.8) is 0 Å². The number of rotatable bonds is 11. The minimum atomic E-state index is -1.49. The molecule has 15 heteroatoms. The highest BCUT2D eigenvalue weighted by Crippen LogP contribution is 2.37. The molecule has 0 aromatic rings. The van der Waals surface area contributed by atoms with Crippen LogP contribution in [0.5, 0.6) is 0 Å². The normalized spacial score (nSPS) is 41.2. The lowest BCUT2D eigenvalue weighted by Gasteiger charge is -2.50. The molecule has 316 valence electrons. The maximum atomic E-state index is 12.9. The van der Waals surface area contributed by atoms with Crippen molar-refractivity contribution < 1.29 is 68.0 Å². The number of aliphatic hydroxyl groups is 4. The average molecular weight is 786 g/mol. The van der Waals surface area contributed by atoms with E-state index in [1.807, 2.05) is 26.8 Å². The highest BCUT2D eigenvalue weighted by Gasteiger charge is 2.52. The Kier molecular flexibility index (Phi) is 18.4. The molecule has 3 heterocycles. The molecule has 16 atom stereocenters. The van der Waals surface area contributed by atoms with Crippen molar-refractivity contribution in [2.24, 2.45) is 17.8 Å². The van der Waals surface area contributed by atoms with Crippen LogP contribution >= 0.6 is 0 Å². The molecule has 3 rings (SSSR count). The minimum Gasteiger partial charge on any atom is -0.462 e. The second-order valence-corrected chi connectivity index (χ2v) is 16.4. The van der Waals surface area contributed by atoms with Gasteiger partial charge in [0.25, 0.3) is 0 Å². The van der Waals surface area contributed by atoms with Crippen LogP contribution in [-0.4, -0.2) is 150 Å². The predicted octanol–water partition coefficient (Wildman–Crippen LogP) is 2.44. The number of methoxy groups -OCH3 is 1. The van der Waals surface area contributed by atoms with Gasteiger partial charge in [0.2, 0.25) is 0 Å². The van der Waals surface area contributed by atoms with Crippen molar-refractivity contribution in [2.75, 3.05) is 21.2 Å². The summed E-state index contributed by atoms with van der Waals surface area (Å²) in [5, 5.41) is 45.8. The maximum absolute atomic E-state index is 12.9. The third-order valence-electron chi connectivity index (χ3n) is 10.6. The van der Waals surface area contributed by atoms with Crippen LogP contribution in [0.2, 0.25) is 0 Å². The van der Waals surface area contributed by atoms with Crippen LogP contribution in [0, 0.1) is 17.8 Å². The highest BCUT2D eigenvalue weighted by atomic mass is 16.7. The van der Waals surface area contributed by atoms with Gasteiger partial charge in [0.15, 0.2) is 18.7 Å². The third-order valence-corrected chi connectivity index (χ3v) is 10.6. The molecule has 3 aliphatic rings. The van der Waals surface area contributed by atoms with Crippen LogP contribution < -0.4 is 0 Å². The predicted molar refractivity (Wildman–Crippen MR) is 200 cm³/mol. The zero-order chi connectivity index (χ0) is 41.2. The monoisotopic (exact) mass is 785 g/mol. The number of nitrogens with zero attached hydrogens (tertiary/aromatic N) is 1. The smallest absolute Gasteiger partial charge is 0.308 e. The lowest BCUT2D eigenvalue weighted by molar-refractivity contribution is -0.344. The van der Waals surface area contributed by atoms with Gasteiger partial charge in [-0.3, -0.25) is 9.59 Å². The summed E-state index contributed by atoms with van der Waals surface area (Å²) in [5.41, 5.74) is -1.49. The van der Waals surface area contributed by atoms with Crippen LogP contribution in [0.25, 0.3) is 0 Å². The summed E-state index contributed by atoms with van der Waals surface area (Å²) in [6.07, 6.45) is -3.92. The van der Waals surface area contributed by atoms with Gasteiger partial charge in [-0.1, -0.05) is 45.1 Å². The SMILES string of the molecule is CO[C@@H]1[C@@H](O[C@@H]2O[C@H](C)C(O[C@H]3C[C@@](C)(O)[C@@H](OC(=O)CC(C)C)[C@H](C)O3)[C@H](N(C)C)[C@H]2O)[C@@H](CC=O)C[C@@H](C)[C@@H](O)C=CC=CC[C@@H](C)OC(=O)C[C@H]1O. The van der Waals surface area contributed by atoms with Gasteiger partial charge >= 0.3 is 11.9 Å². The highest BCUT2D eigenvalue weighted by molar-refractivity contribution is 5.70. The largest absolute Gasteiger partial charge is 0.462 e. The van der Waals surface area contributed by atoms with Gasteiger partial charge in [0.05, 0.1) is 43.0 Å². The van der Waals surface area contributed by atoms with Crippen LogP contribution in [0.4, 0.5) is 0 Å². The number of hydrogen-bond donors (Lipinski definition) is 4. The van der Waals surface area contributed by atoms with Crippen molar-refractivity contribution >= 4 is 18.2 Å². The molecule has 2 fully saturated rings. The zero-order valence-corrected chi connectivity index (χ0v) is 34.2. The van der Waals surface area contributed by atoms with Gasteiger partial charge in [-0.2, -0.15) is 0 Å². The first-order valence-electron chi connectivity index (χ1n) is 19.5. The molecular formula is C40H67NO14. The number of cyclic esters (lactones) is 1. The summed E-state index contributed by atoms with van der Waals surface area (Å²) in [5.74, 6) is -2.03. The molecule has 55 heavy (non-hydrogen) atoms. The zero-order valence-electron chi connectivity index (χ0n) is 34.2. The number of hydrogen-bond acceptors (Lipinski definition) is 15. The molecule has 0 saturated carbocycles. The Morgan fingerprint density at radius 1 is 1.04 bits per heavy atom. The Labute approximate surface area is 326 Å². The summed E-state index contributed by atoms with van der Waals surface area (Å²) in [7, 11) is 4.86. The number of esters is 2. The Morgan fingerprint density at radius 3 is 2.33 bits per heavy atom. The fraction of sp³-hybridized carbons (Fsp3) is 0.825. The molecule has 0 bridgehead atoms. The van der Waals surface area contributed by atoms with Gasteiger partial charge in [-0.25, -0.2) is 0 Å². The first-order chi connectivity index (χ1) is 25.8. The maximum Gasteiger partial charge on any atom is 0.308 e. The molecule has 0 aromatic carbocycles. The van der Waals surface area contributed by atoms with E-state index in [1.165, 1.54) is 7.11 Å². The Morgan fingerprint density at radius 2 is 1.73 bits per heavy atom. The van der Waals surface area contributed by atoms with Gasteiger partial charge in [0, 0.05) is 32.8 Å². The number of carbonyl (C=O) groups excluding carboxylic acids is 3. The van der Waals surface area contributed by atoms with E-state index in [1.54, 1.807) is 64.9 Å². The summed E-state index contributed by atoms with van der Waals surface area (Å²) >= 11 is 0. The standard InChI is InChI=1S/C40H67NO14/c1-22(2)18-30(45)53-38-26(6)51-32(21-40(38,7)48)54-35-25(5)52-39(34(47)33(35)41(8)9)55-36-27(16-17-42)19-23(3)28(43)15-13-11-12-14-24(4)50-31(46)20-29(44)37(36)49-10/h11-13,15,17,22-29,32-39,43-44,47-48H,14,16,18-21H2,1-10H3/t23-,24-,25-,26+,27+,28+,29-,32+,33-,34-,35?,36+,37+,38+,39+,40-/m1/s1. The number of allylic oxidation sites excluding steroid dienone is 2. The van der Waals surface area contributed by atoms with E-state index in [2.05, 4.69) is 0 Å². The molecule has 1 unspecified atom stereocenters. The minimum absolute atomic E-state index is 0.0318. The van der Waals surface area contributed by atoms with Crippen molar-refractivity contribution in [1.82, 2.24) is 4.90 Å². The van der Waals surface area contributed by atoms with Crippen LogP contribution in [-0.2, 0) is 47.5 Å². The van der Waals surface area contributed by atoms with E-state index in [4.69, 9.17) is 33.2 Å².